The van der Waals surface area contributed by atoms with Gasteiger partial charge in [-0.2, -0.15) is 0 Å². The number of rotatable bonds is 5. The first-order valence-electron chi connectivity index (χ1n) is 8.47. The van der Waals surface area contributed by atoms with Crippen LogP contribution in [0.25, 0.3) is 0 Å². The van der Waals surface area contributed by atoms with Gasteiger partial charge in [0, 0.05) is 5.56 Å². The van der Waals surface area contributed by atoms with Gasteiger partial charge in [0.1, 0.15) is 5.75 Å². The summed E-state index contributed by atoms with van der Waals surface area (Å²) in [6, 6.07) is 0. The van der Waals surface area contributed by atoms with Gasteiger partial charge in [-0.1, -0.05) is 55.4 Å². The van der Waals surface area contributed by atoms with Crippen LogP contribution >= 0.6 is 0 Å². The third kappa shape index (κ3) is 3.62. The van der Waals surface area contributed by atoms with Crippen LogP contribution in [0.3, 0.4) is 0 Å². The molecule has 1 N–H and O–H groups in total. The first kappa shape index (κ1) is 18.1. The highest BCUT2D eigenvalue weighted by molar-refractivity contribution is 5.58. The molecule has 0 spiro atoms. The van der Waals surface area contributed by atoms with Crippen molar-refractivity contribution in [3.05, 3.63) is 27.8 Å². The average molecular weight is 290 g/mol. The van der Waals surface area contributed by atoms with Crippen LogP contribution in [0.5, 0.6) is 5.75 Å². The highest BCUT2D eigenvalue weighted by atomic mass is 16.3. The summed E-state index contributed by atoms with van der Waals surface area (Å²) in [5.74, 6) is 2.34. The van der Waals surface area contributed by atoms with Gasteiger partial charge in [-0.25, -0.2) is 0 Å². The second kappa shape index (κ2) is 6.85. The predicted molar refractivity (Wildman–Crippen MR) is 93.7 cm³/mol. The van der Waals surface area contributed by atoms with Crippen LogP contribution in [0.4, 0.5) is 0 Å². The smallest absolute Gasteiger partial charge is 0.123 e. The Labute approximate surface area is 131 Å². The fourth-order valence-corrected chi connectivity index (χ4v) is 3.60. The number of hydrogen-bond donors (Lipinski definition) is 1. The van der Waals surface area contributed by atoms with E-state index in [1.54, 1.807) is 0 Å². The van der Waals surface area contributed by atoms with Gasteiger partial charge in [0.2, 0.25) is 0 Å². The molecule has 0 aliphatic rings. The summed E-state index contributed by atoms with van der Waals surface area (Å²) in [6.45, 7) is 20.0. The topological polar surface area (TPSA) is 20.2 Å². The summed E-state index contributed by atoms with van der Waals surface area (Å²) in [5, 5.41) is 10.9. The maximum Gasteiger partial charge on any atom is 0.123 e. The third-order valence-electron chi connectivity index (χ3n) is 4.33. The van der Waals surface area contributed by atoms with Crippen molar-refractivity contribution in [2.24, 2.45) is 5.92 Å². The molecule has 0 fully saturated rings. The first-order chi connectivity index (χ1) is 9.59. The van der Waals surface area contributed by atoms with Gasteiger partial charge in [0.05, 0.1) is 0 Å². The Morgan fingerprint density at radius 1 is 0.714 bits per heavy atom. The van der Waals surface area contributed by atoms with Crippen LogP contribution in [0.15, 0.2) is 0 Å². The van der Waals surface area contributed by atoms with Crippen molar-refractivity contribution in [1.29, 1.82) is 0 Å². The van der Waals surface area contributed by atoms with Gasteiger partial charge in [-0.05, 0) is 59.3 Å². The van der Waals surface area contributed by atoms with Crippen LogP contribution in [0.2, 0.25) is 0 Å². The largest absolute Gasteiger partial charge is 0.507 e. The van der Waals surface area contributed by atoms with Crippen LogP contribution in [-0.4, -0.2) is 5.11 Å². The van der Waals surface area contributed by atoms with E-state index in [0.29, 0.717) is 29.4 Å². The van der Waals surface area contributed by atoms with Crippen molar-refractivity contribution < 1.29 is 5.11 Å². The molecule has 0 atom stereocenters. The second-order valence-electron chi connectivity index (χ2n) is 7.76. The molecule has 0 aliphatic carbocycles. The van der Waals surface area contributed by atoms with E-state index in [1.807, 2.05) is 0 Å². The molecule has 0 aromatic heterocycles. The molecule has 1 aromatic rings. The summed E-state index contributed by atoms with van der Waals surface area (Å²) in [5.41, 5.74) is 6.50. The Morgan fingerprint density at radius 2 is 1.14 bits per heavy atom. The zero-order valence-corrected chi connectivity index (χ0v) is 15.5. The third-order valence-corrected chi connectivity index (χ3v) is 4.33. The number of hydrogen-bond acceptors (Lipinski definition) is 1. The molecule has 21 heavy (non-hydrogen) atoms. The van der Waals surface area contributed by atoms with E-state index < -0.39 is 0 Å². The molecule has 0 heterocycles. The zero-order valence-electron chi connectivity index (χ0n) is 15.5. The Kier molecular flexibility index (Phi) is 5.90. The second-order valence-corrected chi connectivity index (χ2v) is 7.76. The van der Waals surface area contributed by atoms with Gasteiger partial charge in [0.25, 0.3) is 0 Å². The van der Waals surface area contributed by atoms with Crippen LogP contribution in [0.1, 0.15) is 101 Å². The molecule has 1 heteroatoms. The molecule has 0 saturated carbocycles. The number of benzene rings is 1. The Bertz CT molecular complexity index is 493. The lowest BCUT2D eigenvalue weighted by Gasteiger charge is -2.28. The molecular formula is C20H34O. The normalized spacial score (nSPS) is 12.2. The first-order valence-corrected chi connectivity index (χ1v) is 8.47. The quantitative estimate of drug-likeness (QED) is 0.677. The fourth-order valence-electron chi connectivity index (χ4n) is 3.60. The lowest BCUT2D eigenvalue weighted by Crippen LogP contribution is -2.12. The average Bonchev–Trinajstić information content (AvgIpc) is 2.30. The van der Waals surface area contributed by atoms with E-state index >= 15 is 0 Å². The van der Waals surface area contributed by atoms with Crippen LogP contribution in [-0.2, 0) is 6.42 Å². The molecule has 1 aromatic carbocycles. The summed E-state index contributed by atoms with van der Waals surface area (Å²) in [4.78, 5) is 0. The maximum atomic E-state index is 10.9. The summed E-state index contributed by atoms with van der Waals surface area (Å²) in [7, 11) is 0. The molecular weight excluding hydrogens is 256 g/mol. The summed E-state index contributed by atoms with van der Waals surface area (Å²) in [6.07, 6.45) is 1.10. The van der Waals surface area contributed by atoms with E-state index in [2.05, 4.69) is 62.3 Å². The zero-order chi connectivity index (χ0) is 16.5. The Morgan fingerprint density at radius 3 is 1.48 bits per heavy atom. The van der Waals surface area contributed by atoms with Gasteiger partial charge in [0.15, 0.2) is 0 Å². The van der Waals surface area contributed by atoms with Crippen molar-refractivity contribution >= 4 is 0 Å². The van der Waals surface area contributed by atoms with Gasteiger partial charge in [-0.15, -0.1) is 0 Å². The minimum Gasteiger partial charge on any atom is -0.507 e. The SMILES string of the molecule is Cc1c(CC(C)C)c(C(C)C)c(C(C)C)c(O)c1C(C)C. The van der Waals surface area contributed by atoms with Crippen molar-refractivity contribution in [2.45, 2.75) is 86.5 Å². The molecule has 0 saturated heterocycles. The number of aromatic hydroxyl groups is 1. The highest BCUT2D eigenvalue weighted by Gasteiger charge is 2.26. The molecule has 0 amide bonds. The standard InChI is InChI=1S/C20H34O/c1-11(2)10-16-15(9)17(12(3)4)20(21)19(14(7)8)18(16)13(5)6/h11-14,21H,10H2,1-9H3. The van der Waals surface area contributed by atoms with E-state index in [-0.39, 0.29) is 0 Å². The van der Waals surface area contributed by atoms with E-state index in [9.17, 15) is 5.11 Å². The number of phenolic OH excluding ortho intramolecular Hbond substituents is 1. The van der Waals surface area contributed by atoms with Crippen molar-refractivity contribution in [1.82, 2.24) is 0 Å². The summed E-state index contributed by atoms with van der Waals surface area (Å²) < 4.78 is 0. The highest BCUT2D eigenvalue weighted by Crippen LogP contribution is 2.44. The van der Waals surface area contributed by atoms with Gasteiger partial charge < -0.3 is 5.11 Å². The molecule has 120 valence electrons. The minimum absolute atomic E-state index is 0.353. The Hall–Kier alpha value is -0.980. The molecule has 0 unspecified atom stereocenters. The maximum absolute atomic E-state index is 10.9. The van der Waals surface area contributed by atoms with E-state index in [0.717, 1.165) is 12.0 Å². The molecule has 0 radical (unpaired) electrons. The van der Waals surface area contributed by atoms with E-state index in [4.69, 9.17) is 0 Å². The Balaban J connectivity index is 3.82. The van der Waals surface area contributed by atoms with Gasteiger partial charge in [-0.3, -0.25) is 0 Å². The lowest BCUT2D eigenvalue weighted by atomic mass is 9.77. The van der Waals surface area contributed by atoms with Crippen molar-refractivity contribution in [3.8, 4) is 5.75 Å². The van der Waals surface area contributed by atoms with Crippen molar-refractivity contribution in [2.75, 3.05) is 0 Å². The fraction of sp³-hybridized carbons (Fsp3) is 0.700. The van der Waals surface area contributed by atoms with Crippen LogP contribution < -0.4 is 0 Å². The minimum atomic E-state index is 0.353. The molecule has 1 rings (SSSR count). The lowest BCUT2D eigenvalue weighted by molar-refractivity contribution is 0.450. The monoisotopic (exact) mass is 290 g/mol. The summed E-state index contributed by atoms with van der Waals surface area (Å²) >= 11 is 0. The predicted octanol–water partition coefficient (Wildman–Crippen LogP) is 6.27. The van der Waals surface area contributed by atoms with Gasteiger partial charge >= 0.3 is 0 Å². The molecule has 0 aliphatic heterocycles. The number of phenols is 1. The van der Waals surface area contributed by atoms with Crippen molar-refractivity contribution in [3.63, 3.8) is 0 Å². The van der Waals surface area contributed by atoms with Crippen LogP contribution in [0, 0.1) is 12.8 Å². The molecule has 1 nitrogen and oxygen atoms in total. The molecule has 0 bridgehead atoms. The van der Waals surface area contributed by atoms with E-state index in [1.165, 1.54) is 22.3 Å².